The van der Waals surface area contributed by atoms with Crippen molar-refractivity contribution < 1.29 is 18.7 Å². The van der Waals surface area contributed by atoms with Gasteiger partial charge in [-0.3, -0.25) is 4.79 Å². The van der Waals surface area contributed by atoms with E-state index < -0.39 is 6.09 Å². The molecule has 0 aliphatic carbocycles. The molecule has 20 heavy (non-hydrogen) atoms. The second kappa shape index (κ2) is 8.24. The Morgan fingerprint density at radius 3 is 2.70 bits per heavy atom. The molecule has 0 saturated carbocycles. The van der Waals surface area contributed by atoms with Gasteiger partial charge in [-0.05, 0) is 31.4 Å². The van der Waals surface area contributed by atoms with Crippen molar-refractivity contribution >= 4 is 12.0 Å². The molecule has 2 N–H and O–H groups in total. The van der Waals surface area contributed by atoms with Crippen molar-refractivity contribution in [2.24, 2.45) is 5.92 Å². The molecule has 0 spiro atoms. The number of rotatable bonds is 7. The Morgan fingerprint density at radius 2 is 2.15 bits per heavy atom. The highest BCUT2D eigenvalue weighted by atomic mass is 16.5. The summed E-state index contributed by atoms with van der Waals surface area (Å²) in [5.41, 5.74) is 0. The first-order chi connectivity index (χ1) is 9.52. The van der Waals surface area contributed by atoms with E-state index in [-0.39, 0.29) is 17.7 Å². The minimum absolute atomic E-state index is 0.173. The van der Waals surface area contributed by atoms with E-state index in [4.69, 9.17) is 9.15 Å². The number of nitrogens with one attached hydrogen (secondary N) is 2. The average molecular weight is 282 g/mol. The molecule has 2 amide bonds. The van der Waals surface area contributed by atoms with Crippen LogP contribution in [0, 0.1) is 5.92 Å². The molecule has 0 aliphatic heterocycles. The highest BCUT2D eigenvalue weighted by Crippen LogP contribution is 2.05. The maximum Gasteiger partial charge on any atom is 0.407 e. The molecule has 1 heterocycles. The van der Waals surface area contributed by atoms with Crippen LogP contribution in [0.4, 0.5) is 4.79 Å². The topological polar surface area (TPSA) is 80.6 Å². The number of ether oxygens (including phenoxy) is 1. The molecule has 6 heteroatoms. The van der Waals surface area contributed by atoms with E-state index in [9.17, 15) is 9.59 Å². The number of hydrogen-bond donors (Lipinski definition) is 2. The Bertz CT molecular complexity index is 415. The van der Waals surface area contributed by atoms with Crippen LogP contribution in [-0.2, 0) is 4.74 Å². The fraction of sp³-hybridized carbons (Fsp3) is 0.571. The van der Waals surface area contributed by atoms with Crippen LogP contribution in [0.3, 0.4) is 0 Å². The summed E-state index contributed by atoms with van der Waals surface area (Å²) in [6.07, 6.45) is 1.72. The first-order valence-electron chi connectivity index (χ1n) is 6.77. The number of alkyl carbamates (subject to hydrolysis) is 1. The number of hydrogen-bond acceptors (Lipinski definition) is 4. The zero-order valence-electron chi connectivity index (χ0n) is 12.1. The second-order valence-electron chi connectivity index (χ2n) is 4.88. The fourth-order valence-electron chi connectivity index (χ4n) is 1.81. The third kappa shape index (κ3) is 5.77. The van der Waals surface area contributed by atoms with Crippen molar-refractivity contribution in [3.63, 3.8) is 0 Å². The van der Waals surface area contributed by atoms with Gasteiger partial charge in [0.1, 0.15) is 0 Å². The number of carbonyl (C=O) groups is 2. The van der Waals surface area contributed by atoms with Crippen LogP contribution >= 0.6 is 0 Å². The van der Waals surface area contributed by atoms with Gasteiger partial charge in [0, 0.05) is 12.6 Å². The van der Waals surface area contributed by atoms with Crippen LogP contribution in [0.15, 0.2) is 22.8 Å². The van der Waals surface area contributed by atoms with Crippen LogP contribution in [0.1, 0.15) is 37.7 Å². The van der Waals surface area contributed by atoms with Gasteiger partial charge in [-0.25, -0.2) is 4.79 Å². The molecule has 1 rings (SSSR count). The van der Waals surface area contributed by atoms with Gasteiger partial charge in [-0.2, -0.15) is 0 Å². The molecular formula is C14H22N2O4. The van der Waals surface area contributed by atoms with Gasteiger partial charge in [-0.1, -0.05) is 13.8 Å². The summed E-state index contributed by atoms with van der Waals surface area (Å²) in [5, 5.41) is 5.48. The maximum absolute atomic E-state index is 11.8. The third-order valence-corrected chi connectivity index (χ3v) is 2.61. The second-order valence-corrected chi connectivity index (χ2v) is 4.88. The molecule has 0 bridgehead atoms. The van der Waals surface area contributed by atoms with E-state index >= 15 is 0 Å². The van der Waals surface area contributed by atoms with Gasteiger partial charge in [-0.15, -0.1) is 0 Å². The van der Waals surface area contributed by atoms with E-state index in [1.54, 1.807) is 19.1 Å². The Morgan fingerprint density at radius 1 is 1.40 bits per heavy atom. The maximum atomic E-state index is 11.8. The molecule has 1 aromatic rings. The minimum atomic E-state index is -0.467. The normalized spacial score (nSPS) is 12.0. The Kier molecular flexibility index (Phi) is 6.63. The van der Waals surface area contributed by atoms with Crippen LogP contribution in [0.5, 0.6) is 0 Å². The quantitative estimate of drug-likeness (QED) is 0.803. The SMILES string of the molecule is CCOC(=O)N[C@H](CNC(=O)c1ccco1)CC(C)C. The summed E-state index contributed by atoms with van der Waals surface area (Å²) in [4.78, 5) is 23.2. The van der Waals surface area contributed by atoms with Gasteiger partial charge in [0.2, 0.25) is 0 Å². The van der Waals surface area contributed by atoms with Crippen LogP contribution in [-0.4, -0.2) is 31.2 Å². The Labute approximate surface area is 118 Å². The van der Waals surface area contributed by atoms with Crippen molar-refractivity contribution in [1.82, 2.24) is 10.6 Å². The zero-order valence-corrected chi connectivity index (χ0v) is 12.1. The van der Waals surface area contributed by atoms with Crippen LogP contribution in [0.25, 0.3) is 0 Å². The molecule has 0 fully saturated rings. The average Bonchev–Trinajstić information content (AvgIpc) is 2.89. The summed E-state index contributed by atoms with van der Waals surface area (Å²) in [6, 6.07) is 3.07. The Balaban J connectivity index is 2.47. The summed E-state index contributed by atoms with van der Waals surface area (Å²) in [6.45, 7) is 6.49. The van der Waals surface area contributed by atoms with Crippen molar-refractivity contribution in [3.05, 3.63) is 24.2 Å². The lowest BCUT2D eigenvalue weighted by Gasteiger charge is -2.20. The van der Waals surface area contributed by atoms with Crippen molar-refractivity contribution in [1.29, 1.82) is 0 Å². The monoisotopic (exact) mass is 282 g/mol. The summed E-state index contributed by atoms with van der Waals surface area (Å²) < 4.78 is 9.86. The molecule has 112 valence electrons. The molecule has 6 nitrogen and oxygen atoms in total. The number of amides is 2. The standard InChI is InChI=1S/C14H22N2O4/c1-4-19-14(18)16-11(8-10(2)3)9-15-13(17)12-6-5-7-20-12/h5-7,10-11H,4,8-9H2,1-3H3,(H,15,17)(H,16,18)/t11-/m0/s1. The predicted molar refractivity (Wildman–Crippen MR) is 74.4 cm³/mol. The lowest BCUT2D eigenvalue weighted by molar-refractivity contribution is 0.0917. The molecule has 0 aliphatic rings. The fourth-order valence-corrected chi connectivity index (χ4v) is 1.81. The van der Waals surface area contributed by atoms with E-state index in [0.29, 0.717) is 19.1 Å². The summed E-state index contributed by atoms with van der Waals surface area (Å²) >= 11 is 0. The van der Waals surface area contributed by atoms with Gasteiger partial charge >= 0.3 is 6.09 Å². The van der Waals surface area contributed by atoms with Gasteiger partial charge in [0.25, 0.3) is 5.91 Å². The third-order valence-electron chi connectivity index (χ3n) is 2.61. The lowest BCUT2D eigenvalue weighted by atomic mass is 10.0. The molecule has 0 unspecified atom stereocenters. The van der Waals surface area contributed by atoms with Gasteiger partial charge in [0.05, 0.1) is 12.9 Å². The first kappa shape index (κ1) is 16.1. The first-order valence-corrected chi connectivity index (χ1v) is 6.77. The predicted octanol–water partition coefficient (Wildman–Crippen LogP) is 2.17. The largest absolute Gasteiger partial charge is 0.459 e. The van der Waals surface area contributed by atoms with E-state index in [1.807, 2.05) is 13.8 Å². The van der Waals surface area contributed by atoms with Crippen LogP contribution in [0.2, 0.25) is 0 Å². The van der Waals surface area contributed by atoms with E-state index in [0.717, 1.165) is 6.42 Å². The van der Waals surface area contributed by atoms with Crippen molar-refractivity contribution in [3.8, 4) is 0 Å². The number of furan rings is 1. The molecule has 1 atom stereocenters. The highest BCUT2D eigenvalue weighted by Gasteiger charge is 2.17. The molecular weight excluding hydrogens is 260 g/mol. The van der Waals surface area contributed by atoms with E-state index in [1.165, 1.54) is 6.26 Å². The Hall–Kier alpha value is -1.98. The zero-order chi connectivity index (χ0) is 15.0. The molecule has 0 radical (unpaired) electrons. The van der Waals surface area contributed by atoms with Crippen LogP contribution < -0.4 is 10.6 Å². The molecule has 1 aromatic heterocycles. The highest BCUT2D eigenvalue weighted by molar-refractivity contribution is 5.91. The molecule has 0 saturated heterocycles. The van der Waals surface area contributed by atoms with Gasteiger partial charge < -0.3 is 19.8 Å². The van der Waals surface area contributed by atoms with Crippen molar-refractivity contribution in [2.75, 3.05) is 13.2 Å². The van der Waals surface area contributed by atoms with E-state index in [2.05, 4.69) is 10.6 Å². The summed E-state index contributed by atoms with van der Waals surface area (Å²) in [5.74, 6) is 0.348. The summed E-state index contributed by atoms with van der Waals surface area (Å²) in [7, 11) is 0. The smallest absolute Gasteiger partial charge is 0.407 e. The molecule has 0 aromatic carbocycles. The number of carbonyl (C=O) groups excluding carboxylic acids is 2. The van der Waals surface area contributed by atoms with Gasteiger partial charge in [0.15, 0.2) is 5.76 Å². The minimum Gasteiger partial charge on any atom is -0.459 e. The lowest BCUT2D eigenvalue weighted by Crippen LogP contribution is -2.44. The van der Waals surface area contributed by atoms with Crippen molar-refractivity contribution in [2.45, 2.75) is 33.2 Å².